The van der Waals surface area contributed by atoms with Crippen molar-refractivity contribution in [1.29, 1.82) is 0 Å². The number of aromatic nitrogens is 2. The van der Waals surface area contributed by atoms with E-state index in [0.29, 0.717) is 28.2 Å². The van der Waals surface area contributed by atoms with Gasteiger partial charge in [-0.2, -0.15) is 5.10 Å². The fourth-order valence-electron chi connectivity index (χ4n) is 2.69. The molecule has 0 spiro atoms. The molecule has 0 aliphatic carbocycles. The number of aliphatic carboxylic acids is 1. The van der Waals surface area contributed by atoms with E-state index < -0.39 is 10.9 Å². The van der Waals surface area contributed by atoms with E-state index in [-0.39, 0.29) is 5.69 Å². The highest BCUT2D eigenvalue weighted by molar-refractivity contribution is 6.30. The van der Waals surface area contributed by atoms with Gasteiger partial charge >= 0.3 is 5.97 Å². The third kappa shape index (κ3) is 3.57. The summed E-state index contributed by atoms with van der Waals surface area (Å²) in [6, 6.07) is 9.85. The Balaban J connectivity index is 2.14. The first-order chi connectivity index (χ1) is 12.3. The van der Waals surface area contributed by atoms with Gasteiger partial charge in [0.2, 0.25) is 0 Å². The van der Waals surface area contributed by atoms with Crippen molar-refractivity contribution >= 4 is 40.2 Å². The number of carboxylic acids is 1. The highest BCUT2D eigenvalue weighted by Crippen LogP contribution is 2.26. The fraction of sp³-hybridized carbons (Fsp3) is 0.111. The van der Waals surface area contributed by atoms with Crippen LogP contribution in [0.15, 0.2) is 42.5 Å². The second-order valence-corrected chi connectivity index (χ2v) is 6.18. The minimum atomic E-state index is -1.09. The van der Waals surface area contributed by atoms with E-state index in [1.165, 1.54) is 18.2 Å². The van der Waals surface area contributed by atoms with Gasteiger partial charge < -0.3 is 5.11 Å². The first-order valence-electron chi connectivity index (χ1n) is 7.66. The Morgan fingerprint density at radius 3 is 2.77 bits per heavy atom. The van der Waals surface area contributed by atoms with Crippen molar-refractivity contribution < 1.29 is 14.8 Å². The highest BCUT2D eigenvalue weighted by Gasteiger charge is 2.15. The molecular formula is C18H14ClN3O4. The number of nitro groups is 1. The molecule has 2 aromatic carbocycles. The average Bonchev–Trinajstić information content (AvgIpc) is 2.92. The molecule has 1 N–H and O–H groups in total. The number of non-ortho nitro benzene ring substituents is 1. The first kappa shape index (κ1) is 17.6. The quantitative estimate of drug-likeness (QED) is 0.414. The van der Waals surface area contributed by atoms with Crippen LogP contribution in [0, 0.1) is 17.0 Å². The molecule has 0 bridgehead atoms. The summed E-state index contributed by atoms with van der Waals surface area (Å²) in [6.45, 7) is 2.29. The predicted octanol–water partition coefficient (Wildman–Crippen LogP) is 4.05. The van der Waals surface area contributed by atoms with Crippen LogP contribution in [0.4, 0.5) is 5.69 Å². The SMILES string of the molecule is Cc1cc(Cl)ccc1Cn1nc(/C=C/C(=O)O)c2ccc([N+](=O)[O-])cc21. The number of hydrogen-bond donors (Lipinski definition) is 1. The lowest BCUT2D eigenvalue weighted by atomic mass is 10.1. The zero-order chi connectivity index (χ0) is 18.8. The molecule has 0 aliphatic rings. The van der Waals surface area contributed by atoms with Crippen LogP contribution in [-0.2, 0) is 11.3 Å². The minimum absolute atomic E-state index is 0.0553. The van der Waals surface area contributed by atoms with Crippen molar-refractivity contribution in [3.63, 3.8) is 0 Å². The number of nitro benzene ring substituents is 1. The van der Waals surface area contributed by atoms with Crippen LogP contribution in [0.25, 0.3) is 17.0 Å². The van der Waals surface area contributed by atoms with E-state index in [4.69, 9.17) is 16.7 Å². The standard InChI is InChI=1S/C18H14ClN3O4/c1-11-8-13(19)3-2-12(11)10-21-17-9-14(22(25)26)4-5-15(17)16(20-21)6-7-18(23)24/h2-9H,10H2,1H3,(H,23,24)/b7-6+. The summed E-state index contributed by atoms with van der Waals surface area (Å²) in [7, 11) is 0. The Morgan fingerprint density at radius 1 is 1.35 bits per heavy atom. The van der Waals surface area contributed by atoms with Gasteiger partial charge in [0.1, 0.15) is 0 Å². The third-order valence-corrected chi connectivity index (χ3v) is 4.22. The maximum atomic E-state index is 11.1. The number of fused-ring (bicyclic) bond motifs is 1. The Hall–Kier alpha value is -3.19. The van der Waals surface area contributed by atoms with Crippen molar-refractivity contribution in [2.75, 3.05) is 0 Å². The van der Waals surface area contributed by atoms with Crippen molar-refractivity contribution in [3.8, 4) is 0 Å². The largest absolute Gasteiger partial charge is 0.478 e. The van der Waals surface area contributed by atoms with Gasteiger partial charge in [-0.15, -0.1) is 0 Å². The van der Waals surface area contributed by atoms with E-state index in [1.54, 1.807) is 16.8 Å². The van der Waals surface area contributed by atoms with Crippen LogP contribution in [0.3, 0.4) is 0 Å². The second kappa shape index (κ2) is 6.97. The molecule has 1 heterocycles. The molecule has 0 unspecified atom stereocenters. The van der Waals surface area contributed by atoms with Crippen LogP contribution in [0.5, 0.6) is 0 Å². The van der Waals surface area contributed by atoms with E-state index in [1.807, 2.05) is 19.1 Å². The molecule has 0 saturated carbocycles. The van der Waals surface area contributed by atoms with Gasteiger partial charge in [0.15, 0.2) is 0 Å². The summed E-state index contributed by atoms with van der Waals surface area (Å²) in [5.41, 5.74) is 2.86. The zero-order valence-electron chi connectivity index (χ0n) is 13.7. The van der Waals surface area contributed by atoms with Crippen LogP contribution in [0.1, 0.15) is 16.8 Å². The molecule has 26 heavy (non-hydrogen) atoms. The number of carboxylic acid groups (broad SMARTS) is 1. The van der Waals surface area contributed by atoms with Gasteiger partial charge in [0.05, 0.1) is 22.7 Å². The van der Waals surface area contributed by atoms with Crippen LogP contribution >= 0.6 is 11.6 Å². The summed E-state index contributed by atoms with van der Waals surface area (Å²) < 4.78 is 1.63. The molecule has 0 atom stereocenters. The Labute approximate surface area is 153 Å². The Kier molecular flexibility index (Phi) is 4.73. The van der Waals surface area contributed by atoms with E-state index >= 15 is 0 Å². The third-order valence-electron chi connectivity index (χ3n) is 3.98. The fourth-order valence-corrected chi connectivity index (χ4v) is 2.92. The molecular weight excluding hydrogens is 358 g/mol. The molecule has 0 radical (unpaired) electrons. The number of halogens is 1. The molecule has 0 amide bonds. The smallest absolute Gasteiger partial charge is 0.328 e. The summed E-state index contributed by atoms with van der Waals surface area (Å²) >= 11 is 5.98. The van der Waals surface area contributed by atoms with Gasteiger partial charge in [0, 0.05) is 28.6 Å². The van der Waals surface area contributed by atoms with Gasteiger partial charge in [-0.25, -0.2) is 4.79 Å². The Bertz CT molecular complexity index is 1060. The van der Waals surface area contributed by atoms with Crippen LogP contribution in [-0.4, -0.2) is 25.8 Å². The van der Waals surface area contributed by atoms with Crippen LogP contribution in [0.2, 0.25) is 5.02 Å². The molecule has 0 saturated heterocycles. The normalized spacial score (nSPS) is 11.3. The second-order valence-electron chi connectivity index (χ2n) is 5.74. The highest BCUT2D eigenvalue weighted by atomic mass is 35.5. The van der Waals surface area contributed by atoms with Crippen molar-refractivity contribution in [3.05, 3.63) is 74.4 Å². The number of benzene rings is 2. The molecule has 0 fully saturated rings. The minimum Gasteiger partial charge on any atom is -0.478 e. The van der Waals surface area contributed by atoms with E-state index in [0.717, 1.165) is 17.2 Å². The first-order valence-corrected chi connectivity index (χ1v) is 8.04. The number of aryl methyl sites for hydroxylation is 1. The van der Waals surface area contributed by atoms with Gasteiger partial charge in [-0.3, -0.25) is 14.8 Å². The molecule has 0 aliphatic heterocycles. The summed E-state index contributed by atoms with van der Waals surface area (Å²) in [6.07, 6.45) is 2.36. The number of hydrogen-bond acceptors (Lipinski definition) is 4. The molecule has 1 aromatic heterocycles. The number of nitrogens with zero attached hydrogens (tertiary/aromatic N) is 3. The zero-order valence-corrected chi connectivity index (χ0v) is 14.5. The van der Waals surface area contributed by atoms with Crippen LogP contribution < -0.4 is 0 Å². The predicted molar refractivity (Wildman–Crippen MR) is 98.3 cm³/mol. The lowest BCUT2D eigenvalue weighted by Crippen LogP contribution is -2.03. The topological polar surface area (TPSA) is 98.3 Å². The molecule has 3 rings (SSSR count). The molecule has 8 heteroatoms. The summed E-state index contributed by atoms with van der Waals surface area (Å²) in [5, 5.41) is 25.6. The number of rotatable bonds is 5. The van der Waals surface area contributed by atoms with Gasteiger partial charge in [0.25, 0.3) is 5.69 Å². The summed E-state index contributed by atoms with van der Waals surface area (Å²) in [5.74, 6) is -1.09. The maximum Gasteiger partial charge on any atom is 0.328 e. The average molecular weight is 372 g/mol. The molecule has 3 aromatic rings. The van der Waals surface area contributed by atoms with Crippen molar-refractivity contribution in [1.82, 2.24) is 9.78 Å². The van der Waals surface area contributed by atoms with Crippen molar-refractivity contribution in [2.24, 2.45) is 0 Å². The van der Waals surface area contributed by atoms with E-state index in [9.17, 15) is 14.9 Å². The lowest BCUT2D eigenvalue weighted by Gasteiger charge is -2.07. The summed E-state index contributed by atoms with van der Waals surface area (Å²) in [4.78, 5) is 21.4. The number of carbonyl (C=O) groups is 1. The molecule has 7 nitrogen and oxygen atoms in total. The molecule has 132 valence electrons. The van der Waals surface area contributed by atoms with Crippen molar-refractivity contribution in [2.45, 2.75) is 13.5 Å². The lowest BCUT2D eigenvalue weighted by molar-refractivity contribution is -0.384. The van der Waals surface area contributed by atoms with Gasteiger partial charge in [-0.05, 0) is 42.3 Å². The van der Waals surface area contributed by atoms with Gasteiger partial charge in [-0.1, -0.05) is 17.7 Å². The monoisotopic (exact) mass is 371 g/mol. The van der Waals surface area contributed by atoms with E-state index in [2.05, 4.69) is 5.10 Å². The Morgan fingerprint density at radius 2 is 2.12 bits per heavy atom. The maximum absolute atomic E-state index is 11.1.